The summed E-state index contributed by atoms with van der Waals surface area (Å²) in [5.74, 6) is -0.682. The van der Waals surface area contributed by atoms with Gasteiger partial charge in [-0.2, -0.15) is 0 Å². The molecule has 0 fully saturated rings. The van der Waals surface area contributed by atoms with E-state index in [0.717, 1.165) is 6.07 Å². The molecule has 1 aromatic heterocycles. The van der Waals surface area contributed by atoms with Crippen molar-refractivity contribution in [2.24, 2.45) is 0 Å². The number of nitrogens with zero attached hydrogens (tertiary/aromatic N) is 1. The number of nitro groups is 1. The molecule has 7 nitrogen and oxygen atoms in total. The van der Waals surface area contributed by atoms with Crippen molar-refractivity contribution in [3.8, 4) is 0 Å². The summed E-state index contributed by atoms with van der Waals surface area (Å²) in [5, 5.41) is 22.3. The van der Waals surface area contributed by atoms with Crippen LogP contribution in [-0.4, -0.2) is 10.8 Å². The third-order valence-corrected chi connectivity index (χ3v) is 3.95. The number of nitro benzene ring substituents is 1. The van der Waals surface area contributed by atoms with Gasteiger partial charge in [-0.25, -0.2) is 0 Å². The van der Waals surface area contributed by atoms with Crippen molar-refractivity contribution in [2.45, 2.75) is 0 Å². The smallest absolute Gasteiger partial charge is 0.271 e. The number of hydrogen-bond donors (Lipinski definition) is 2. The molecule has 0 saturated heterocycles. The fraction of sp³-hybridized carbons (Fsp3) is 0. The second-order valence-corrected chi connectivity index (χ2v) is 5.89. The van der Waals surface area contributed by atoms with Crippen molar-refractivity contribution in [1.82, 2.24) is 0 Å². The Morgan fingerprint density at radius 2 is 1.92 bits per heavy atom. The van der Waals surface area contributed by atoms with Gasteiger partial charge in [-0.15, -0.1) is 0 Å². The highest BCUT2D eigenvalue weighted by atomic mass is 35.5. The Morgan fingerprint density at radius 3 is 2.64 bits per heavy atom. The second kappa shape index (κ2) is 6.54. The predicted molar refractivity (Wildman–Crippen MR) is 93.1 cm³/mol. The van der Waals surface area contributed by atoms with E-state index in [0.29, 0.717) is 16.0 Å². The molecule has 0 aliphatic carbocycles. The Kier molecular flexibility index (Phi) is 4.43. The molecule has 0 radical (unpaired) electrons. The number of fused-ring (bicyclic) bond motifs is 1. The van der Waals surface area contributed by atoms with Gasteiger partial charge in [-0.05, 0) is 30.3 Å². The van der Waals surface area contributed by atoms with E-state index in [4.69, 9.17) is 33.0 Å². The van der Waals surface area contributed by atoms with Crippen molar-refractivity contribution in [1.29, 1.82) is 5.41 Å². The fourth-order valence-electron chi connectivity index (χ4n) is 2.19. The maximum Gasteiger partial charge on any atom is 0.271 e. The van der Waals surface area contributed by atoms with Gasteiger partial charge in [0.15, 0.2) is 0 Å². The number of carbonyl (C=O) groups is 1. The van der Waals surface area contributed by atoms with Crippen molar-refractivity contribution >= 4 is 51.5 Å². The average molecular weight is 378 g/mol. The second-order valence-electron chi connectivity index (χ2n) is 5.05. The number of halogens is 2. The molecule has 0 unspecified atom stereocenters. The Bertz CT molecular complexity index is 1080. The number of carbonyl (C=O) groups excluding carboxylic acids is 1. The highest BCUT2D eigenvalue weighted by Crippen LogP contribution is 2.27. The Labute approximate surface area is 150 Å². The van der Waals surface area contributed by atoms with Crippen molar-refractivity contribution in [3.05, 3.63) is 73.7 Å². The van der Waals surface area contributed by atoms with Gasteiger partial charge in [0.1, 0.15) is 11.1 Å². The zero-order valence-corrected chi connectivity index (χ0v) is 13.9. The Morgan fingerprint density at radius 1 is 1.16 bits per heavy atom. The first-order valence-corrected chi connectivity index (χ1v) is 7.64. The fourth-order valence-corrected chi connectivity index (χ4v) is 2.54. The standard InChI is InChI=1S/C16H9Cl2N3O4/c17-9-1-4-14-8(5-9)6-11(15(19)25-14)16(22)20-13-7-10(21(23)24)2-3-12(13)18/h1-7,19H,(H,20,22). The number of nitrogens with one attached hydrogen (secondary N) is 2. The highest BCUT2D eigenvalue weighted by Gasteiger charge is 2.16. The zero-order chi connectivity index (χ0) is 18.1. The SMILES string of the molecule is N=c1oc2ccc(Cl)cc2cc1C(=O)Nc1cc([N+](=O)[O-])ccc1Cl. The quantitative estimate of drug-likeness (QED) is 0.521. The van der Waals surface area contributed by atoms with Gasteiger partial charge in [0, 0.05) is 22.5 Å². The summed E-state index contributed by atoms with van der Waals surface area (Å²) in [6, 6.07) is 9.91. The molecule has 9 heteroatoms. The molecule has 2 N–H and O–H groups in total. The lowest BCUT2D eigenvalue weighted by molar-refractivity contribution is -0.384. The Balaban J connectivity index is 2.00. The summed E-state index contributed by atoms with van der Waals surface area (Å²) in [7, 11) is 0. The first kappa shape index (κ1) is 16.9. The van der Waals surface area contributed by atoms with Gasteiger partial charge in [-0.1, -0.05) is 23.2 Å². The molecule has 126 valence electrons. The number of anilines is 1. The molecule has 0 spiro atoms. The van der Waals surface area contributed by atoms with E-state index >= 15 is 0 Å². The minimum absolute atomic E-state index is 0.0580. The van der Waals surface area contributed by atoms with Crippen molar-refractivity contribution < 1.29 is 14.1 Å². The lowest BCUT2D eigenvalue weighted by atomic mass is 10.1. The van der Waals surface area contributed by atoms with Crippen LogP contribution in [0.2, 0.25) is 10.0 Å². The number of amides is 1. The monoisotopic (exact) mass is 377 g/mol. The summed E-state index contributed by atoms with van der Waals surface area (Å²) < 4.78 is 5.30. The van der Waals surface area contributed by atoms with Gasteiger partial charge < -0.3 is 9.73 Å². The maximum absolute atomic E-state index is 12.4. The summed E-state index contributed by atoms with van der Waals surface area (Å²) in [4.78, 5) is 22.7. The van der Waals surface area contributed by atoms with E-state index in [9.17, 15) is 14.9 Å². The molecule has 1 heterocycles. The maximum atomic E-state index is 12.4. The van der Waals surface area contributed by atoms with Gasteiger partial charge >= 0.3 is 0 Å². The molecule has 0 atom stereocenters. The molecule has 1 amide bonds. The van der Waals surface area contributed by atoms with E-state index in [-0.39, 0.29) is 27.5 Å². The molecule has 0 bridgehead atoms. The van der Waals surface area contributed by atoms with E-state index in [1.165, 1.54) is 18.2 Å². The summed E-state index contributed by atoms with van der Waals surface area (Å²) in [5.41, 5.74) is -0.169. The number of benzene rings is 2. The summed E-state index contributed by atoms with van der Waals surface area (Å²) in [6.07, 6.45) is 0. The van der Waals surface area contributed by atoms with Crippen LogP contribution in [0.3, 0.4) is 0 Å². The van der Waals surface area contributed by atoms with E-state index < -0.39 is 10.8 Å². The first-order chi connectivity index (χ1) is 11.8. The van der Waals surface area contributed by atoms with Crippen LogP contribution < -0.4 is 10.9 Å². The Hall–Kier alpha value is -2.90. The molecular formula is C16H9Cl2N3O4. The van der Waals surface area contributed by atoms with Crippen LogP contribution >= 0.6 is 23.2 Å². The van der Waals surface area contributed by atoms with Crippen LogP contribution in [0.5, 0.6) is 0 Å². The van der Waals surface area contributed by atoms with Crippen LogP contribution in [0.15, 0.2) is 46.9 Å². The van der Waals surface area contributed by atoms with Gasteiger partial charge in [0.2, 0.25) is 5.55 Å². The molecule has 2 aromatic carbocycles. The van der Waals surface area contributed by atoms with Crippen LogP contribution in [0.1, 0.15) is 10.4 Å². The van der Waals surface area contributed by atoms with Crippen LogP contribution in [0.4, 0.5) is 11.4 Å². The molecule has 3 rings (SSSR count). The lowest BCUT2D eigenvalue weighted by Crippen LogP contribution is -2.21. The van der Waals surface area contributed by atoms with Crippen LogP contribution in [0.25, 0.3) is 11.0 Å². The van der Waals surface area contributed by atoms with Crippen molar-refractivity contribution in [3.63, 3.8) is 0 Å². The van der Waals surface area contributed by atoms with Crippen molar-refractivity contribution in [2.75, 3.05) is 5.32 Å². The molecule has 0 aliphatic rings. The molecule has 3 aromatic rings. The minimum atomic E-state index is -0.682. The highest BCUT2D eigenvalue weighted by molar-refractivity contribution is 6.34. The first-order valence-electron chi connectivity index (χ1n) is 6.88. The molecule has 0 saturated carbocycles. The molecule has 25 heavy (non-hydrogen) atoms. The predicted octanol–water partition coefficient (Wildman–Crippen LogP) is 4.38. The number of non-ortho nitro benzene ring substituents is 1. The number of hydrogen-bond acceptors (Lipinski definition) is 5. The number of rotatable bonds is 3. The van der Waals surface area contributed by atoms with E-state index in [1.54, 1.807) is 18.2 Å². The third kappa shape index (κ3) is 3.47. The van der Waals surface area contributed by atoms with Gasteiger partial charge in [0.25, 0.3) is 11.6 Å². The van der Waals surface area contributed by atoms with Gasteiger partial charge in [-0.3, -0.25) is 20.3 Å². The largest absolute Gasteiger partial charge is 0.438 e. The zero-order valence-electron chi connectivity index (χ0n) is 12.4. The molecular weight excluding hydrogens is 369 g/mol. The van der Waals surface area contributed by atoms with Crippen LogP contribution in [-0.2, 0) is 0 Å². The normalized spacial score (nSPS) is 10.6. The summed E-state index contributed by atoms with van der Waals surface area (Å²) in [6.45, 7) is 0. The topological polar surface area (TPSA) is 109 Å². The average Bonchev–Trinajstić information content (AvgIpc) is 2.56. The molecule has 0 aliphatic heterocycles. The third-order valence-electron chi connectivity index (χ3n) is 3.38. The van der Waals surface area contributed by atoms with Crippen LogP contribution in [0, 0.1) is 15.5 Å². The lowest BCUT2D eigenvalue weighted by Gasteiger charge is -2.08. The minimum Gasteiger partial charge on any atom is -0.438 e. The summed E-state index contributed by atoms with van der Waals surface area (Å²) >= 11 is 11.9. The van der Waals surface area contributed by atoms with Gasteiger partial charge in [0.05, 0.1) is 15.6 Å². The van der Waals surface area contributed by atoms with E-state index in [2.05, 4.69) is 5.32 Å². The van der Waals surface area contributed by atoms with E-state index in [1.807, 2.05) is 0 Å².